The molecule has 0 atom stereocenters. The van der Waals surface area contributed by atoms with Crippen molar-refractivity contribution in [3.63, 3.8) is 0 Å². The largest absolute Gasteiger partial charge is 0.306 e. The summed E-state index contributed by atoms with van der Waals surface area (Å²) in [6, 6.07) is 0. The van der Waals surface area contributed by atoms with Gasteiger partial charge in [-0.05, 0) is 38.9 Å². The van der Waals surface area contributed by atoms with E-state index in [1.807, 2.05) is 0 Å². The second kappa shape index (κ2) is 10.0. The van der Waals surface area contributed by atoms with Gasteiger partial charge in [0.25, 0.3) is 0 Å². The van der Waals surface area contributed by atoms with Crippen molar-refractivity contribution in [1.82, 2.24) is 4.90 Å². The third-order valence-corrected chi connectivity index (χ3v) is 2.54. The lowest BCUT2D eigenvalue weighted by molar-refractivity contribution is 0.211. The van der Waals surface area contributed by atoms with Crippen molar-refractivity contribution >= 4 is 0 Å². The number of piperidine rings is 1. The highest BCUT2D eigenvalue weighted by molar-refractivity contribution is 4.68. The molecule has 1 fully saturated rings. The lowest BCUT2D eigenvalue weighted by Crippen LogP contribution is -2.29. The summed E-state index contributed by atoms with van der Waals surface area (Å²) in [7, 11) is 2.22. The summed E-state index contributed by atoms with van der Waals surface area (Å²) < 4.78 is 0. The summed E-state index contributed by atoms with van der Waals surface area (Å²) in [5.74, 6) is 1.04. The van der Waals surface area contributed by atoms with E-state index < -0.39 is 0 Å². The van der Waals surface area contributed by atoms with Gasteiger partial charge in [-0.25, -0.2) is 0 Å². The summed E-state index contributed by atoms with van der Waals surface area (Å²) >= 11 is 0. The van der Waals surface area contributed by atoms with Crippen molar-refractivity contribution in [2.24, 2.45) is 5.92 Å². The molecule has 0 radical (unpaired) electrons. The number of hydrogen-bond acceptors (Lipinski definition) is 1. The minimum Gasteiger partial charge on any atom is -0.306 e. The van der Waals surface area contributed by atoms with E-state index in [4.69, 9.17) is 0 Å². The molecule has 1 heterocycles. The highest BCUT2D eigenvalue weighted by Crippen LogP contribution is 2.20. The third kappa shape index (κ3) is 7.06. The monoisotopic (exact) mass is 189 g/mol. The molecule has 1 heteroatoms. The Kier molecular flexibility index (Phi) is 14.4. The zero-order chi connectivity index (χ0) is 7.40. The maximum absolute atomic E-state index is 2.44. The molecular weight excluding hydrogens is 158 g/mol. The van der Waals surface area contributed by atoms with Gasteiger partial charge in [-0.15, -0.1) is 0 Å². The molecule has 0 aromatic carbocycles. The molecule has 1 nitrogen and oxygen atoms in total. The zero-order valence-electron chi connectivity index (χ0n) is 7.27. The fourth-order valence-corrected chi connectivity index (χ4v) is 1.76. The SMILES string of the molecule is C.C.C.CCCC1CCN(C)CC1. The molecule has 0 spiro atoms. The maximum atomic E-state index is 2.44. The molecule has 1 rings (SSSR count). The first-order valence-electron chi connectivity index (χ1n) is 4.51. The van der Waals surface area contributed by atoms with Crippen LogP contribution in [0.2, 0.25) is 0 Å². The van der Waals surface area contributed by atoms with Gasteiger partial charge in [-0.2, -0.15) is 0 Å². The summed E-state index contributed by atoms with van der Waals surface area (Å²) in [4.78, 5) is 2.44. The lowest BCUT2D eigenvalue weighted by atomic mass is 9.93. The molecule has 0 unspecified atom stereocenters. The van der Waals surface area contributed by atoms with E-state index in [1.165, 1.54) is 38.8 Å². The van der Waals surface area contributed by atoms with Crippen LogP contribution in [0.3, 0.4) is 0 Å². The van der Waals surface area contributed by atoms with Gasteiger partial charge in [-0.3, -0.25) is 0 Å². The highest BCUT2D eigenvalue weighted by atomic mass is 15.1. The van der Waals surface area contributed by atoms with Gasteiger partial charge < -0.3 is 4.90 Å². The number of nitrogens with zero attached hydrogens (tertiary/aromatic N) is 1. The van der Waals surface area contributed by atoms with Gasteiger partial charge in [0.15, 0.2) is 0 Å². The third-order valence-electron chi connectivity index (χ3n) is 2.54. The van der Waals surface area contributed by atoms with Crippen LogP contribution in [-0.4, -0.2) is 25.0 Å². The smallest absolute Gasteiger partial charge is 0.00191 e. The van der Waals surface area contributed by atoms with Crippen LogP contribution in [0, 0.1) is 5.92 Å². The first-order chi connectivity index (χ1) is 4.83. The van der Waals surface area contributed by atoms with E-state index in [2.05, 4.69) is 18.9 Å². The van der Waals surface area contributed by atoms with Crippen molar-refractivity contribution in [1.29, 1.82) is 0 Å². The minimum absolute atomic E-state index is 0. The molecule has 0 aliphatic carbocycles. The average Bonchev–Trinajstić information content (AvgIpc) is 1.95. The predicted molar refractivity (Wildman–Crippen MR) is 65.3 cm³/mol. The second-order valence-corrected chi connectivity index (χ2v) is 3.54. The maximum Gasteiger partial charge on any atom is -0.00191 e. The predicted octanol–water partition coefficient (Wildman–Crippen LogP) is 4.04. The van der Waals surface area contributed by atoms with Crippen LogP contribution >= 0.6 is 0 Å². The van der Waals surface area contributed by atoms with E-state index >= 15 is 0 Å². The van der Waals surface area contributed by atoms with Gasteiger partial charge >= 0.3 is 0 Å². The Labute approximate surface area is 86.5 Å². The van der Waals surface area contributed by atoms with Crippen molar-refractivity contribution in [2.45, 2.75) is 54.9 Å². The van der Waals surface area contributed by atoms with Gasteiger partial charge in [0.2, 0.25) is 0 Å². The molecule has 0 saturated carbocycles. The fourth-order valence-electron chi connectivity index (χ4n) is 1.76. The van der Waals surface area contributed by atoms with Crippen molar-refractivity contribution < 1.29 is 0 Å². The quantitative estimate of drug-likeness (QED) is 0.634. The first-order valence-corrected chi connectivity index (χ1v) is 4.51. The van der Waals surface area contributed by atoms with Crippen LogP contribution in [0.4, 0.5) is 0 Å². The Bertz CT molecular complexity index is 83.1. The van der Waals surface area contributed by atoms with Crippen molar-refractivity contribution in [3.8, 4) is 0 Å². The Morgan fingerprint density at radius 1 is 1.08 bits per heavy atom. The Hall–Kier alpha value is -0.0400. The summed E-state index contributed by atoms with van der Waals surface area (Å²) in [5, 5.41) is 0. The average molecular weight is 189 g/mol. The molecule has 0 aromatic heterocycles. The molecular formula is C12H31N. The molecule has 1 aliphatic heterocycles. The number of rotatable bonds is 2. The summed E-state index contributed by atoms with van der Waals surface area (Å²) in [6.45, 7) is 4.94. The fraction of sp³-hybridized carbons (Fsp3) is 1.00. The van der Waals surface area contributed by atoms with E-state index in [0.29, 0.717) is 0 Å². The molecule has 1 saturated heterocycles. The van der Waals surface area contributed by atoms with Crippen LogP contribution in [0.15, 0.2) is 0 Å². The Morgan fingerprint density at radius 2 is 1.54 bits per heavy atom. The molecule has 0 bridgehead atoms. The topological polar surface area (TPSA) is 3.24 Å². The van der Waals surface area contributed by atoms with E-state index in [1.54, 1.807) is 0 Å². The van der Waals surface area contributed by atoms with Crippen LogP contribution < -0.4 is 0 Å². The molecule has 84 valence electrons. The van der Waals surface area contributed by atoms with Crippen molar-refractivity contribution in [3.05, 3.63) is 0 Å². The first kappa shape index (κ1) is 18.7. The van der Waals surface area contributed by atoms with Gasteiger partial charge in [0, 0.05) is 0 Å². The number of hydrogen-bond donors (Lipinski definition) is 0. The normalized spacial score (nSPS) is 18.0. The van der Waals surface area contributed by atoms with Crippen LogP contribution in [0.1, 0.15) is 54.9 Å². The molecule has 1 aliphatic rings. The van der Waals surface area contributed by atoms with E-state index in [0.717, 1.165) is 5.92 Å². The second-order valence-electron chi connectivity index (χ2n) is 3.54. The Morgan fingerprint density at radius 3 is 1.92 bits per heavy atom. The van der Waals surface area contributed by atoms with E-state index in [-0.39, 0.29) is 22.3 Å². The van der Waals surface area contributed by atoms with Gasteiger partial charge in [0.05, 0.1) is 0 Å². The molecule has 0 aromatic rings. The Balaban J connectivity index is -0.000000333. The summed E-state index contributed by atoms with van der Waals surface area (Å²) in [5.41, 5.74) is 0. The van der Waals surface area contributed by atoms with Crippen LogP contribution in [0.25, 0.3) is 0 Å². The molecule has 13 heavy (non-hydrogen) atoms. The highest BCUT2D eigenvalue weighted by Gasteiger charge is 2.14. The van der Waals surface area contributed by atoms with E-state index in [9.17, 15) is 0 Å². The zero-order valence-corrected chi connectivity index (χ0v) is 7.27. The van der Waals surface area contributed by atoms with Crippen molar-refractivity contribution in [2.75, 3.05) is 20.1 Å². The van der Waals surface area contributed by atoms with Gasteiger partial charge in [-0.1, -0.05) is 42.0 Å². The number of likely N-dealkylation sites (tertiary alicyclic amines) is 1. The van der Waals surface area contributed by atoms with Crippen LogP contribution in [0.5, 0.6) is 0 Å². The van der Waals surface area contributed by atoms with Gasteiger partial charge in [0.1, 0.15) is 0 Å². The minimum atomic E-state index is 0. The standard InChI is InChI=1S/C9H19N.3CH4/c1-3-4-9-5-7-10(2)8-6-9;;;/h9H,3-8H2,1-2H3;3*1H4. The summed E-state index contributed by atoms with van der Waals surface area (Å²) in [6.07, 6.45) is 5.69. The molecule has 0 amide bonds. The van der Waals surface area contributed by atoms with Crippen LogP contribution in [-0.2, 0) is 0 Å². The molecule has 0 N–H and O–H groups in total. The lowest BCUT2D eigenvalue weighted by Gasteiger charge is -2.28.